The average molecular weight is 443 g/mol. The van der Waals surface area contributed by atoms with Crippen molar-refractivity contribution in [1.82, 2.24) is 5.32 Å². The molecule has 0 spiro atoms. The number of allylic oxidation sites excluding steroid dienone is 2. The summed E-state index contributed by atoms with van der Waals surface area (Å²) in [5.74, 6) is -2.55. The molecule has 3 rings (SSSR count). The predicted octanol–water partition coefficient (Wildman–Crippen LogP) is 2.63. The molecule has 2 aliphatic heterocycles. The third-order valence-electron chi connectivity index (χ3n) is 5.70. The number of cyclic esters (lactones) is 1. The van der Waals surface area contributed by atoms with Crippen molar-refractivity contribution in [3.05, 3.63) is 57.3 Å². The van der Waals surface area contributed by atoms with E-state index in [2.05, 4.69) is 5.32 Å². The molecule has 9 heteroatoms. The molecule has 170 valence electrons. The van der Waals surface area contributed by atoms with Crippen LogP contribution in [-0.2, 0) is 28.6 Å². The maximum Gasteiger partial charge on any atom is 0.336 e. The van der Waals surface area contributed by atoms with Gasteiger partial charge in [0.25, 0.3) is 5.69 Å². The summed E-state index contributed by atoms with van der Waals surface area (Å²) in [5, 5.41) is 3.06. The Kier molecular flexibility index (Phi) is 7.07. The highest BCUT2D eigenvalue weighted by molar-refractivity contribution is 5.99. The number of nitroso groups, excluding NO2 is 1. The first-order valence-electron chi connectivity index (χ1n) is 10.4. The summed E-state index contributed by atoms with van der Waals surface area (Å²) >= 11 is 0. The van der Waals surface area contributed by atoms with E-state index in [1.807, 2.05) is 0 Å². The van der Waals surface area contributed by atoms with Crippen LogP contribution in [0.2, 0.25) is 0 Å². The topological polar surface area (TPSA) is 111 Å². The van der Waals surface area contributed by atoms with E-state index in [4.69, 9.17) is 14.2 Å². The number of carbonyl (C=O) groups excluding carboxylic acids is 3. The highest BCUT2D eigenvalue weighted by atomic mass is 16.5. The number of hydrogen-bond acceptors (Lipinski definition) is 8. The molecule has 0 saturated carbocycles. The summed E-state index contributed by atoms with van der Waals surface area (Å²) in [4.78, 5) is 49.3. The third-order valence-corrected chi connectivity index (χ3v) is 5.70. The molecule has 1 aromatic rings. The van der Waals surface area contributed by atoms with Gasteiger partial charge in [-0.1, -0.05) is 12.1 Å². The molecule has 0 aliphatic carbocycles. The van der Waals surface area contributed by atoms with Crippen LogP contribution in [0.15, 0.2) is 46.8 Å². The van der Waals surface area contributed by atoms with Crippen LogP contribution in [-0.4, -0.2) is 50.0 Å². The van der Waals surface area contributed by atoms with Crippen LogP contribution in [0.25, 0.3) is 0 Å². The minimum atomic E-state index is -0.785. The average Bonchev–Trinajstić information content (AvgIpc) is 3.17. The number of nitrogens with one attached hydrogen (secondary N) is 1. The Morgan fingerprint density at radius 1 is 1.19 bits per heavy atom. The fraction of sp³-hybridized carbons (Fsp3) is 0.435. The Balaban J connectivity index is 1.94. The second kappa shape index (κ2) is 9.76. The zero-order valence-corrected chi connectivity index (χ0v) is 18.6. The maximum absolute atomic E-state index is 13.1. The van der Waals surface area contributed by atoms with Crippen LogP contribution < -0.4 is 5.32 Å². The van der Waals surface area contributed by atoms with Gasteiger partial charge >= 0.3 is 17.9 Å². The summed E-state index contributed by atoms with van der Waals surface area (Å²) in [6, 6.07) is 6.71. The highest BCUT2D eigenvalue weighted by Crippen LogP contribution is 2.40. The monoisotopic (exact) mass is 443 g/mol. The molecule has 2 unspecified atom stereocenters. The van der Waals surface area contributed by atoms with Gasteiger partial charge in [-0.3, -0.25) is 4.79 Å². The summed E-state index contributed by atoms with van der Waals surface area (Å²) in [5.41, 5.74) is 2.55. The van der Waals surface area contributed by atoms with Gasteiger partial charge in [-0.15, -0.1) is 0 Å². The molecular formula is C23H27N2O7+. The predicted molar refractivity (Wildman–Crippen MR) is 114 cm³/mol. The van der Waals surface area contributed by atoms with Gasteiger partial charge < -0.3 is 19.5 Å². The van der Waals surface area contributed by atoms with E-state index in [0.29, 0.717) is 46.9 Å². The van der Waals surface area contributed by atoms with Crippen molar-refractivity contribution in [3.63, 3.8) is 0 Å². The maximum atomic E-state index is 13.1. The summed E-state index contributed by atoms with van der Waals surface area (Å²) in [7, 11) is 2.64. The Hall–Kier alpha value is -3.49. The zero-order valence-electron chi connectivity index (χ0n) is 18.6. The van der Waals surface area contributed by atoms with E-state index in [9.17, 15) is 19.3 Å². The van der Waals surface area contributed by atoms with Crippen LogP contribution in [0.3, 0.4) is 0 Å². The van der Waals surface area contributed by atoms with Gasteiger partial charge in [0, 0.05) is 33.2 Å². The van der Waals surface area contributed by atoms with Gasteiger partial charge in [0.15, 0.2) is 7.05 Å². The van der Waals surface area contributed by atoms with Crippen molar-refractivity contribution in [3.8, 4) is 0 Å². The van der Waals surface area contributed by atoms with Crippen molar-refractivity contribution < 1.29 is 33.4 Å². The van der Waals surface area contributed by atoms with Gasteiger partial charge in [-0.05, 0) is 32.3 Å². The molecule has 1 fully saturated rings. The van der Waals surface area contributed by atoms with Crippen LogP contribution in [0.4, 0.5) is 5.69 Å². The Bertz CT molecular complexity index is 1020. The third kappa shape index (κ3) is 4.71. The smallest absolute Gasteiger partial charge is 0.336 e. The molecule has 1 N–H and O–H groups in total. The number of esters is 3. The number of carbonyl (C=O) groups is 3. The first kappa shape index (κ1) is 23.2. The molecule has 1 saturated heterocycles. The van der Waals surface area contributed by atoms with Crippen molar-refractivity contribution in [2.75, 3.05) is 27.4 Å². The zero-order chi connectivity index (χ0) is 23.4. The largest absolute Gasteiger partial charge is 0.466 e. The molecule has 9 nitrogen and oxygen atoms in total. The van der Waals surface area contributed by atoms with E-state index >= 15 is 0 Å². The number of dihydropyridines is 1. The van der Waals surface area contributed by atoms with E-state index in [1.54, 1.807) is 38.1 Å². The van der Waals surface area contributed by atoms with Gasteiger partial charge in [-0.2, -0.15) is 0 Å². The minimum absolute atomic E-state index is 0.0433. The number of ether oxygens (including phenoxy) is 3. The summed E-state index contributed by atoms with van der Waals surface area (Å²) < 4.78 is 16.1. The highest BCUT2D eigenvalue weighted by Gasteiger charge is 2.38. The number of hydrogen-bond donors (Lipinski definition) is 1. The molecule has 32 heavy (non-hydrogen) atoms. The Morgan fingerprint density at radius 2 is 1.88 bits per heavy atom. The van der Waals surface area contributed by atoms with E-state index in [1.165, 1.54) is 14.2 Å². The number of nitrogens with zero attached hydrogens (tertiary/aromatic N) is 1. The quantitative estimate of drug-likeness (QED) is 0.389. The van der Waals surface area contributed by atoms with Crippen LogP contribution in [0, 0.1) is 10.8 Å². The fourth-order valence-corrected chi connectivity index (χ4v) is 4.05. The molecule has 2 heterocycles. The van der Waals surface area contributed by atoms with Crippen molar-refractivity contribution in [2.24, 2.45) is 5.92 Å². The molecular weight excluding hydrogens is 416 g/mol. The lowest BCUT2D eigenvalue weighted by Crippen LogP contribution is -2.32. The number of benzene rings is 1. The summed E-state index contributed by atoms with van der Waals surface area (Å²) in [6.07, 6.45) is 0.969. The van der Waals surface area contributed by atoms with Gasteiger partial charge in [0.1, 0.15) is 0 Å². The van der Waals surface area contributed by atoms with Crippen LogP contribution >= 0.6 is 0 Å². The minimum Gasteiger partial charge on any atom is -0.466 e. The van der Waals surface area contributed by atoms with E-state index in [-0.39, 0.29) is 29.6 Å². The molecule has 0 radical (unpaired) electrons. The Labute approximate surface area is 186 Å². The first-order chi connectivity index (χ1) is 15.2. The number of methoxy groups -OCH3 is 1. The lowest BCUT2D eigenvalue weighted by molar-refractivity contribution is -0.428. The second-order valence-corrected chi connectivity index (χ2v) is 7.80. The van der Waals surface area contributed by atoms with E-state index < -0.39 is 17.9 Å². The van der Waals surface area contributed by atoms with Crippen molar-refractivity contribution >= 4 is 23.6 Å². The molecule has 1 aromatic carbocycles. The Morgan fingerprint density at radius 3 is 2.47 bits per heavy atom. The first-order valence-corrected chi connectivity index (χ1v) is 10.4. The van der Waals surface area contributed by atoms with Crippen LogP contribution in [0.5, 0.6) is 0 Å². The van der Waals surface area contributed by atoms with Crippen molar-refractivity contribution in [1.29, 1.82) is 0 Å². The van der Waals surface area contributed by atoms with Gasteiger partial charge in [0.05, 0.1) is 43.3 Å². The lowest BCUT2D eigenvalue weighted by atomic mass is 9.80. The lowest BCUT2D eigenvalue weighted by Gasteiger charge is -2.30. The molecule has 2 atom stereocenters. The van der Waals surface area contributed by atoms with Gasteiger partial charge in [0.2, 0.25) is 0 Å². The SMILES string of the molecule is COC(=O)C1=C(C)NC(C)=C(C(=O)OCCC2CCOC2=O)C1c1cccc([N+](C)=O)c1. The molecule has 0 bridgehead atoms. The normalized spacial score (nSPS) is 20.6. The number of rotatable bonds is 7. The molecule has 0 aromatic heterocycles. The van der Waals surface area contributed by atoms with E-state index in [0.717, 1.165) is 0 Å². The van der Waals surface area contributed by atoms with Gasteiger partial charge in [-0.25, -0.2) is 9.59 Å². The summed E-state index contributed by atoms with van der Waals surface area (Å²) in [6.45, 7) is 3.87. The van der Waals surface area contributed by atoms with Crippen LogP contribution in [0.1, 0.15) is 38.2 Å². The fourth-order valence-electron chi connectivity index (χ4n) is 4.05. The van der Waals surface area contributed by atoms with Crippen molar-refractivity contribution in [2.45, 2.75) is 32.6 Å². The standard InChI is InChI=1S/C23H26N2O7/c1-13-18(22(27)30-4)20(16-6-5-7-17(12-16)25(3)29)19(14(2)24-13)23(28)32-11-9-15-8-10-31-21(15)26/h5-7,12,15,20H,8-11H2,1-4H3/p+1. The second-order valence-electron chi connectivity index (χ2n) is 7.80. The molecule has 2 aliphatic rings. The molecule has 0 amide bonds.